The fourth-order valence-corrected chi connectivity index (χ4v) is 4.06. The maximum atomic E-state index is 12.5. The van der Waals surface area contributed by atoms with Crippen molar-refractivity contribution in [3.8, 4) is 0 Å². The molecule has 1 aromatic heterocycles. The molecular weight excluding hydrogens is 262 g/mol. The van der Waals surface area contributed by atoms with Crippen molar-refractivity contribution < 1.29 is 8.42 Å². The molecule has 106 valence electrons. The lowest BCUT2D eigenvalue weighted by atomic mass is 9.95. The van der Waals surface area contributed by atoms with Crippen LogP contribution in [0.2, 0.25) is 0 Å². The van der Waals surface area contributed by atoms with Gasteiger partial charge in [0.05, 0.1) is 0 Å². The van der Waals surface area contributed by atoms with Crippen molar-refractivity contribution in [1.29, 1.82) is 0 Å². The maximum absolute atomic E-state index is 12.5. The minimum absolute atomic E-state index is 0.282. The molecule has 2 heterocycles. The molecule has 0 aromatic carbocycles. The Morgan fingerprint density at radius 1 is 1.53 bits per heavy atom. The molecule has 1 aliphatic heterocycles. The van der Waals surface area contributed by atoms with Crippen LogP contribution in [-0.4, -0.2) is 43.4 Å². The summed E-state index contributed by atoms with van der Waals surface area (Å²) in [5.41, 5.74) is 0. The lowest BCUT2D eigenvalue weighted by Crippen LogP contribution is -2.49. The highest BCUT2D eigenvalue weighted by molar-refractivity contribution is 7.89. The summed E-state index contributed by atoms with van der Waals surface area (Å²) in [6.45, 7) is 6.22. The predicted molar refractivity (Wildman–Crippen MR) is 74.2 cm³/mol. The summed E-state index contributed by atoms with van der Waals surface area (Å²) in [5, 5.41) is 3.41. The normalized spacial score (nSPS) is 25.4. The Morgan fingerprint density at radius 2 is 2.32 bits per heavy atom. The van der Waals surface area contributed by atoms with Gasteiger partial charge in [-0.05, 0) is 31.0 Å². The van der Waals surface area contributed by atoms with Crippen molar-refractivity contribution in [2.24, 2.45) is 5.92 Å². The summed E-state index contributed by atoms with van der Waals surface area (Å²) in [6, 6.07) is 3.66. The molecule has 0 spiro atoms. The summed E-state index contributed by atoms with van der Waals surface area (Å²) in [5.74, 6) is 0.320. The molecule has 2 rings (SSSR count). The third-order valence-electron chi connectivity index (χ3n) is 3.61. The van der Waals surface area contributed by atoms with Crippen LogP contribution < -0.4 is 5.32 Å². The molecule has 0 radical (unpaired) electrons. The van der Waals surface area contributed by atoms with Crippen molar-refractivity contribution in [3.63, 3.8) is 0 Å². The van der Waals surface area contributed by atoms with Gasteiger partial charge in [0.15, 0.2) is 0 Å². The minimum Gasteiger partial charge on any atom is -0.314 e. The number of sulfonamides is 1. The van der Waals surface area contributed by atoms with E-state index >= 15 is 0 Å². The molecule has 1 fully saturated rings. The van der Waals surface area contributed by atoms with E-state index in [2.05, 4.69) is 24.1 Å². The van der Waals surface area contributed by atoms with E-state index in [9.17, 15) is 8.42 Å². The van der Waals surface area contributed by atoms with Crippen molar-refractivity contribution in [1.82, 2.24) is 14.6 Å². The highest BCUT2D eigenvalue weighted by Crippen LogP contribution is 2.23. The summed E-state index contributed by atoms with van der Waals surface area (Å²) in [7, 11) is -3.39. The van der Waals surface area contributed by atoms with Crippen molar-refractivity contribution in [3.05, 3.63) is 24.5 Å². The second-order valence-electron chi connectivity index (χ2n) is 4.98. The number of nitrogens with one attached hydrogen (secondary N) is 1. The van der Waals surface area contributed by atoms with Gasteiger partial charge in [-0.3, -0.25) is 4.98 Å². The van der Waals surface area contributed by atoms with E-state index < -0.39 is 10.0 Å². The van der Waals surface area contributed by atoms with E-state index in [4.69, 9.17) is 0 Å². The number of aromatic nitrogens is 1. The first-order chi connectivity index (χ1) is 9.05. The second-order valence-corrected chi connectivity index (χ2v) is 6.92. The summed E-state index contributed by atoms with van der Waals surface area (Å²) < 4.78 is 26.5. The summed E-state index contributed by atoms with van der Waals surface area (Å²) in [6.07, 6.45) is 3.85. The Labute approximate surface area is 115 Å². The zero-order valence-corrected chi connectivity index (χ0v) is 12.2. The van der Waals surface area contributed by atoms with Gasteiger partial charge in [0, 0.05) is 31.5 Å². The summed E-state index contributed by atoms with van der Waals surface area (Å²) in [4.78, 5) is 4.17. The van der Waals surface area contributed by atoms with E-state index in [1.807, 2.05) is 0 Å². The Morgan fingerprint density at radius 3 is 2.89 bits per heavy atom. The monoisotopic (exact) mass is 283 g/mol. The number of nitrogens with zero attached hydrogens (tertiary/aromatic N) is 2. The molecule has 0 saturated carbocycles. The lowest BCUT2D eigenvalue weighted by Gasteiger charge is -2.36. The van der Waals surface area contributed by atoms with Crippen LogP contribution in [0.3, 0.4) is 0 Å². The van der Waals surface area contributed by atoms with Crippen LogP contribution >= 0.6 is 0 Å². The highest BCUT2D eigenvalue weighted by Gasteiger charge is 2.33. The third kappa shape index (κ3) is 3.13. The second kappa shape index (κ2) is 5.98. The van der Waals surface area contributed by atoms with Gasteiger partial charge in [-0.15, -0.1) is 0 Å². The molecule has 2 unspecified atom stereocenters. The molecule has 1 aromatic rings. The Kier molecular flexibility index (Phi) is 4.54. The largest absolute Gasteiger partial charge is 0.314 e. The molecule has 1 aliphatic rings. The van der Waals surface area contributed by atoms with Crippen molar-refractivity contribution >= 4 is 10.0 Å². The average molecular weight is 283 g/mol. The number of hydrogen-bond acceptors (Lipinski definition) is 4. The van der Waals surface area contributed by atoms with Gasteiger partial charge in [-0.1, -0.05) is 13.8 Å². The number of pyridine rings is 1. The van der Waals surface area contributed by atoms with Crippen molar-refractivity contribution in [2.45, 2.75) is 31.2 Å². The maximum Gasteiger partial charge on any atom is 0.244 e. The first-order valence-corrected chi connectivity index (χ1v) is 8.13. The Balaban J connectivity index is 2.12. The summed E-state index contributed by atoms with van der Waals surface area (Å²) >= 11 is 0. The quantitative estimate of drug-likeness (QED) is 0.898. The molecule has 1 N–H and O–H groups in total. The Hall–Kier alpha value is -0.980. The van der Waals surface area contributed by atoms with E-state index in [0.29, 0.717) is 25.0 Å². The van der Waals surface area contributed by atoms with E-state index in [-0.39, 0.29) is 4.90 Å². The van der Waals surface area contributed by atoms with E-state index in [1.54, 1.807) is 22.6 Å². The first kappa shape index (κ1) is 14.4. The molecule has 0 bridgehead atoms. The van der Waals surface area contributed by atoms with Crippen LogP contribution in [0, 0.1) is 5.92 Å². The zero-order valence-electron chi connectivity index (χ0n) is 11.4. The smallest absolute Gasteiger partial charge is 0.244 e. The lowest BCUT2D eigenvalue weighted by molar-refractivity contribution is 0.222. The first-order valence-electron chi connectivity index (χ1n) is 6.69. The van der Waals surface area contributed by atoms with Crippen LogP contribution in [0.25, 0.3) is 0 Å². The SMILES string of the molecule is CCNC1CCN(S(=O)(=O)c2cccnc2)CC1C. The molecule has 1 saturated heterocycles. The number of rotatable bonds is 4. The zero-order chi connectivity index (χ0) is 13.9. The molecule has 2 atom stereocenters. The van der Waals surface area contributed by atoms with Crippen LogP contribution in [0.15, 0.2) is 29.4 Å². The fourth-order valence-electron chi connectivity index (χ4n) is 2.54. The highest BCUT2D eigenvalue weighted by atomic mass is 32.2. The van der Waals surface area contributed by atoms with Gasteiger partial charge in [0.2, 0.25) is 10.0 Å². The number of piperidine rings is 1. The molecule has 0 aliphatic carbocycles. The predicted octanol–water partition coefficient (Wildman–Crippen LogP) is 1.09. The van der Waals surface area contributed by atoms with Crippen molar-refractivity contribution in [2.75, 3.05) is 19.6 Å². The number of hydrogen-bond donors (Lipinski definition) is 1. The molecule has 6 heteroatoms. The van der Waals surface area contributed by atoms with Gasteiger partial charge < -0.3 is 5.32 Å². The third-order valence-corrected chi connectivity index (χ3v) is 5.46. The average Bonchev–Trinajstić information content (AvgIpc) is 2.42. The fraction of sp³-hybridized carbons (Fsp3) is 0.615. The molecule has 0 amide bonds. The van der Waals surface area contributed by atoms with Gasteiger partial charge in [-0.2, -0.15) is 4.31 Å². The topological polar surface area (TPSA) is 62.3 Å². The van der Waals surface area contributed by atoms with Gasteiger partial charge in [0.1, 0.15) is 4.90 Å². The molecule has 5 nitrogen and oxygen atoms in total. The van der Waals surface area contributed by atoms with E-state index in [0.717, 1.165) is 13.0 Å². The van der Waals surface area contributed by atoms with Crippen LogP contribution in [-0.2, 0) is 10.0 Å². The van der Waals surface area contributed by atoms with E-state index in [1.165, 1.54) is 6.20 Å². The Bertz CT molecular complexity index is 504. The van der Waals surface area contributed by atoms with Gasteiger partial charge in [-0.25, -0.2) is 8.42 Å². The standard InChI is InChI=1S/C13H21N3O2S/c1-3-15-13-6-8-16(10-11(13)2)19(17,18)12-5-4-7-14-9-12/h4-5,7,9,11,13,15H,3,6,8,10H2,1-2H3. The van der Waals surface area contributed by atoms with Crippen LogP contribution in [0.4, 0.5) is 0 Å². The minimum atomic E-state index is -3.39. The molecule has 19 heavy (non-hydrogen) atoms. The van der Waals surface area contributed by atoms with Gasteiger partial charge in [0.25, 0.3) is 0 Å². The van der Waals surface area contributed by atoms with Crippen LogP contribution in [0.1, 0.15) is 20.3 Å². The van der Waals surface area contributed by atoms with Gasteiger partial charge >= 0.3 is 0 Å². The molecular formula is C13H21N3O2S. The van der Waals surface area contributed by atoms with Crippen LogP contribution in [0.5, 0.6) is 0 Å².